The second-order valence-corrected chi connectivity index (χ2v) is 2.08. The fourth-order valence-electron chi connectivity index (χ4n) is 0.471. The third kappa shape index (κ3) is 1.80. The number of halogens is 1. The van der Waals surface area contributed by atoms with E-state index >= 15 is 0 Å². The van der Waals surface area contributed by atoms with Crippen LogP contribution in [0, 0.1) is 0 Å². The fourth-order valence-corrected chi connectivity index (χ4v) is 0.524. The van der Waals surface area contributed by atoms with Gasteiger partial charge in [-0.15, -0.1) is 21.8 Å². The van der Waals surface area contributed by atoms with Crippen molar-refractivity contribution < 1.29 is 0 Å². The van der Waals surface area contributed by atoms with Crippen LogP contribution in [0.4, 0.5) is 0 Å². The Labute approximate surface area is 63.5 Å². The van der Waals surface area contributed by atoms with Crippen molar-refractivity contribution in [3.05, 3.63) is 12.7 Å². The van der Waals surface area contributed by atoms with Crippen LogP contribution in [0.5, 0.6) is 0 Å². The minimum Gasteiger partial charge on any atom is -0.208 e. The third-order valence-corrected chi connectivity index (χ3v) is 1.27. The Morgan fingerprint density at radius 2 is 2.20 bits per heavy atom. The Bertz CT molecular complexity index is 216. The normalized spacial score (nSPS) is 12.0. The van der Waals surface area contributed by atoms with Gasteiger partial charge in [0, 0.05) is 0 Å². The number of aromatic nitrogens is 3. The Kier molecular flexibility index (Phi) is 2.39. The molecule has 1 aromatic rings. The van der Waals surface area contributed by atoms with E-state index in [1.165, 1.54) is 17.3 Å². The highest BCUT2D eigenvalue weighted by Gasteiger charge is 1.87. The lowest BCUT2D eigenvalue weighted by Crippen LogP contribution is -1.96. The summed E-state index contributed by atoms with van der Waals surface area (Å²) in [4.78, 5) is 0. The van der Waals surface area contributed by atoms with E-state index in [2.05, 4.69) is 15.3 Å². The standard InChI is InChI=1S/C5H7ClN4/c1-5(2-6)9-10-3-7-8-4-10/h3-4H,2H2,1H3. The van der Waals surface area contributed by atoms with Gasteiger partial charge in [0.25, 0.3) is 0 Å². The van der Waals surface area contributed by atoms with Crippen LogP contribution in [0.15, 0.2) is 17.8 Å². The van der Waals surface area contributed by atoms with Crippen molar-refractivity contribution in [3.8, 4) is 0 Å². The molecule has 1 heterocycles. The topological polar surface area (TPSA) is 43.1 Å². The summed E-state index contributed by atoms with van der Waals surface area (Å²) in [7, 11) is 0. The monoisotopic (exact) mass is 158 g/mol. The fraction of sp³-hybridized carbons (Fsp3) is 0.400. The van der Waals surface area contributed by atoms with Crippen LogP contribution >= 0.6 is 11.6 Å². The molecule has 0 aliphatic heterocycles. The average molecular weight is 159 g/mol. The van der Waals surface area contributed by atoms with Gasteiger partial charge in [0.15, 0.2) is 0 Å². The first-order valence-corrected chi connectivity index (χ1v) is 3.31. The van der Waals surface area contributed by atoms with Crippen LogP contribution in [-0.4, -0.2) is 26.5 Å². The summed E-state index contributed by atoms with van der Waals surface area (Å²) in [5.74, 6) is 0.429. The first-order chi connectivity index (χ1) is 4.83. The Morgan fingerprint density at radius 1 is 1.60 bits per heavy atom. The van der Waals surface area contributed by atoms with Gasteiger partial charge in [-0.3, -0.25) is 0 Å². The number of hydrogen-bond acceptors (Lipinski definition) is 3. The molecule has 10 heavy (non-hydrogen) atoms. The smallest absolute Gasteiger partial charge is 0.141 e. The minimum atomic E-state index is 0.429. The Morgan fingerprint density at radius 3 is 2.70 bits per heavy atom. The van der Waals surface area contributed by atoms with E-state index in [0.29, 0.717) is 5.88 Å². The lowest BCUT2D eigenvalue weighted by molar-refractivity contribution is 0.869. The summed E-state index contributed by atoms with van der Waals surface area (Å²) >= 11 is 5.48. The SMILES string of the molecule is CC(CCl)=Nn1cnnc1. The van der Waals surface area contributed by atoms with Gasteiger partial charge in [-0.05, 0) is 6.92 Å². The molecule has 1 aromatic heterocycles. The van der Waals surface area contributed by atoms with E-state index in [4.69, 9.17) is 11.6 Å². The number of nitrogens with zero attached hydrogens (tertiary/aromatic N) is 4. The van der Waals surface area contributed by atoms with Gasteiger partial charge < -0.3 is 0 Å². The van der Waals surface area contributed by atoms with E-state index in [1.54, 1.807) is 0 Å². The van der Waals surface area contributed by atoms with Gasteiger partial charge in [0.05, 0.1) is 11.6 Å². The summed E-state index contributed by atoms with van der Waals surface area (Å²) in [6.07, 6.45) is 3.02. The molecule has 0 aromatic carbocycles. The molecule has 0 fully saturated rings. The quantitative estimate of drug-likeness (QED) is 0.471. The molecule has 54 valence electrons. The van der Waals surface area contributed by atoms with Gasteiger partial charge in [-0.25, -0.2) is 4.68 Å². The highest BCUT2D eigenvalue weighted by atomic mass is 35.5. The van der Waals surface area contributed by atoms with Crippen LogP contribution in [-0.2, 0) is 0 Å². The predicted octanol–water partition coefficient (Wildman–Crippen LogP) is 0.741. The van der Waals surface area contributed by atoms with E-state index in [-0.39, 0.29) is 0 Å². The first-order valence-electron chi connectivity index (χ1n) is 2.78. The van der Waals surface area contributed by atoms with Crippen molar-refractivity contribution in [3.63, 3.8) is 0 Å². The highest BCUT2D eigenvalue weighted by molar-refractivity contribution is 6.28. The van der Waals surface area contributed by atoms with E-state index in [0.717, 1.165) is 5.71 Å². The maximum Gasteiger partial charge on any atom is 0.141 e. The Hall–Kier alpha value is -0.900. The van der Waals surface area contributed by atoms with Crippen molar-refractivity contribution in [2.24, 2.45) is 5.10 Å². The molecular weight excluding hydrogens is 152 g/mol. The van der Waals surface area contributed by atoms with Gasteiger partial charge in [0.2, 0.25) is 0 Å². The molecule has 0 bridgehead atoms. The summed E-state index contributed by atoms with van der Waals surface area (Å²) in [6.45, 7) is 1.84. The van der Waals surface area contributed by atoms with Gasteiger partial charge in [-0.2, -0.15) is 5.10 Å². The zero-order valence-electron chi connectivity index (χ0n) is 5.53. The lowest BCUT2D eigenvalue weighted by Gasteiger charge is -1.91. The molecule has 0 saturated heterocycles. The van der Waals surface area contributed by atoms with Crippen LogP contribution in [0.2, 0.25) is 0 Å². The molecule has 0 N–H and O–H groups in total. The zero-order chi connectivity index (χ0) is 7.40. The van der Waals surface area contributed by atoms with Crippen LogP contribution in [0.25, 0.3) is 0 Å². The minimum absolute atomic E-state index is 0.429. The zero-order valence-corrected chi connectivity index (χ0v) is 6.28. The second-order valence-electron chi connectivity index (χ2n) is 1.81. The molecule has 0 aliphatic rings. The largest absolute Gasteiger partial charge is 0.208 e. The lowest BCUT2D eigenvalue weighted by atomic mass is 10.5. The van der Waals surface area contributed by atoms with Crippen LogP contribution < -0.4 is 0 Å². The van der Waals surface area contributed by atoms with Gasteiger partial charge in [-0.1, -0.05) is 0 Å². The molecule has 0 radical (unpaired) electrons. The first kappa shape index (κ1) is 7.21. The molecule has 0 aliphatic carbocycles. The second kappa shape index (κ2) is 3.31. The van der Waals surface area contributed by atoms with E-state index < -0.39 is 0 Å². The molecule has 1 rings (SSSR count). The predicted molar refractivity (Wildman–Crippen MR) is 39.2 cm³/mol. The molecule has 0 spiro atoms. The van der Waals surface area contributed by atoms with Crippen LogP contribution in [0.1, 0.15) is 6.92 Å². The Balaban J connectivity index is 2.71. The molecule has 0 saturated carbocycles. The van der Waals surface area contributed by atoms with E-state index in [1.807, 2.05) is 6.92 Å². The highest BCUT2D eigenvalue weighted by Crippen LogP contribution is 1.85. The summed E-state index contributed by atoms with van der Waals surface area (Å²) < 4.78 is 1.51. The molecule has 0 atom stereocenters. The molecular formula is C5H7ClN4. The van der Waals surface area contributed by atoms with Crippen LogP contribution in [0.3, 0.4) is 0 Å². The molecule has 0 amide bonds. The summed E-state index contributed by atoms with van der Waals surface area (Å²) in [5.41, 5.74) is 0.835. The average Bonchev–Trinajstić information content (AvgIpc) is 2.40. The number of hydrogen-bond donors (Lipinski definition) is 0. The van der Waals surface area contributed by atoms with Crippen molar-refractivity contribution in [2.75, 3.05) is 5.88 Å². The van der Waals surface area contributed by atoms with E-state index in [9.17, 15) is 0 Å². The summed E-state index contributed by atoms with van der Waals surface area (Å²) in [6, 6.07) is 0. The molecule has 4 nitrogen and oxygen atoms in total. The number of rotatable bonds is 2. The number of alkyl halides is 1. The van der Waals surface area contributed by atoms with Crippen molar-refractivity contribution in [1.82, 2.24) is 14.9 Å². The van der Waals surface area contributed by atoms with Gasteiger partial charge in [0.1, 0.15) is 12.7 Å². The maximum atomic E-state index is 5.48. The molecule has 5 heteroatoms. The molecule has 0 unspecified atom stereocenters. The summed E-state index contributed by atoms with van der Waals surface area (Å²) in [5, 5.41) is 11.2. The maximum absolute atomic E-state index is 5.48. The third-order valence-electron chi connectivity index (χ3n) is 0.886. The van der Waals surface area contributed by atoms with Crippen molar-refractivity contribution in [1.29, 1.82) is 0 Å². The van der Waals surface area contributed by atoms with Crippen molar-refractivity contribution in [2.45, 2.75) is 6.92 Å². The van der Waals surface area contributed by atoms with Crippen molar-refractivity contribution >= 4 is 17.3 Å². The van der Waals surface area contributed by atoms with Gasteiger partial charge >= 0.3 is 0 Å².